The summed E-state index contributed by atoms with van der Waals surface area (Å²) >= 11 is 1.36. The van der Waals surface area contributed by atoms with Crippen molar-refractivity contribution in [2.24, 2.45) is 0 Å². The fraction of sp³-hybridized carbons (Fsp3) is 0.0500. The van der Waals surface area contributed by atoms with Gasteiger partial charge in [0.15, 0.2) is 0 Å². The summed E-state index contributed by atoms with van der Waals surface area (Å²) in [4.78, 5) is 24.3. The number of amides is 1. The summed E-state index contributed by atoms with van der Waals surface area (Å²) < 4.78 is 19.0. The molecule has 1 amide bonds. The van der Waals surface area contributed by atoms with E-state index in [2.05, 4.69) is 5.32 Å². The monoisotopic (exact) mass is 398 g/mol. The number of hydrogen-bond acceptors (Lipinski definition) is 5. The number of benzene rings is 3. The Labute approximate surface area is 164 Å². The van der Waals surface area contributed by atoms with Crippen LogP contribution in [0, 0.1) is 15.9 Å². The summed E-state index contributed by atoms with van der Waals surface area (Å²) in [5.41, 5.74) is 0.431. The molecule has 0 radical (unpaired) electrons. The Balaban J connectivity index is 1.73. The highest BCUT2D eigenvalue weighted by atomic mass is 32.2. The van der Waals surface area contributed by atoms with Crippen LogP contribution >= 0.6 is 11.8 Å². The van der Waals surface area contributed by atoms with Crippen molar-refractivity contribution in [1.29, 1.82) is 0 Å². The van der Waals surface area contributed by atoms with E-state index in [0.717, 1.165) is 9.79 Å². The van der Waals surface area contributed by atoms with Crippen molar-refractivity contribution in [3.05, 3.63) is 88.2 Å². The Morgan fingerprint density at radius 3 is 2.46 bits per heavy atom. The van der Waals surface area contributed by atoms with Crippen LogP contribution in [0.25, 0.3) is 0 Å². The van der Waals surface area contributed by atoms with E-state index in [4.69, 9.17) is 4.74 Å². The lowest BCUT2D eigenvalue weighted by Gasteiger charge is -2.09. The maximum absolute atomic E-state index is 14.0. The van der Waals surface area contributed by atoms with Crippen LogP contribution in [0.1, 0.15) is 10.4 Å². The second kappa shape index (κ2) is 8.53. The molecule has 0 saturated heterocycles. The first kappa shape index (κ1) is 19.4. The average molecular weight is 398 g/mol. The van der Waals surface area contributed by atoms with Crippen LogP contribution in [0.15, 0.2) is 76.5 Å². The number of nitrogens with zero attached hydrogens (tertiary/aromatic N) is 1. The second-order valence-electron chi connectivity index (χ2n) is 5.68. The minimum absolute atomic E-state index is 0.0130. The number of ether oxygens (including phenoxy) is 1. The molecule has 8 heteroatoms. The second-order valence-corrected chi connectivity index (χ2v) is 6.83. The highest BCUT2D eigenvalue weighted by Gasteiger charge is 2.12. The fourth-order valence-electron chi connectivity index (χ4n) is 2.39. The highest BCUT2D eigenvalue weighted by molar-refractivity contribution is 7.99. The molecule has 0 aliphatic heterocycles. The molecule has 0 atom stereocenters. The van der Waals surface area contributed by atoms with Crippen LogP contribution in [0.4, 0.5) is 15.8 Å². The van der Waals surface area contributed by atoms with E-state index in [0.29, 0.717) is 11.3 Å². The predicted molar refractivity (Wildman–Crippen MR) is 105 cm³/mol. The number of carbonyl (C=O) groups excluding carboxylic acids is 1. The number of anilines is 1. The van der Waals surface area contributed by atoms with Crippen molar-refractivity contribution < 1.29 is 18.8 Å². The first-order chi connectivity index (χ1) is 13.5. The first-order valence-electron chi connectivity index (χ1n) is 8.13. The van der Waals surface area contributed by atoms with Crippen molar-refractivity contribution >= 4 is 29.0 Å². The topological polar surface area (TPSA) is 81.5 Å². The number of nitro benzene ring substituents is 1. The van der Waals surface area contributed by atoms with Crippen LogP contribution in [0.3, 0.4) is 0 Å². The van der Waals surface area contributed by atoms with Gasteiger partial charge in [0.25, 0.3) is 11.6 Å². The van der Waals surface area contributed by atoms with E-state index in [1.54, 1.807) is 36.4 Å². The Hall–Kier alpha value is -3.39. The molecule has 0 aromatic heterocycles. The zero-order valence-electron chi connectivity index (χ0n) is 14.7. The maximum Gasteiger partial charge on any atom is 0.269 e. The number of carbonyl (C=O) groups is 1. The van der Waals surface area contributed by atoms with Gasteiger partial charge in [-0.05, 0) is 42.5 Å². The predicted octanol–water partition coefficient (Wildman–Crippen LogP) is 5.15. The number of nitro groups is 1. The third kappa shape index (κ3) is 4.66. The van der Waals surface area contributed by atoms with E-state index in [-0.39, 0.29) is 11.4 Å². The number of halogens is 1. The zero-order valence-corrected chi connectivity index (χ0v) is 15.5. The molecule has 142 valence electrons. The van der Waals surface area contributed by atoms with Crippen LogP contribution in [0.2, 0.25) is 0 Å². The summed E-state index contributed by atoms with van der Waals surface area (Å²) in [7, 11) is 1.43. The lowest BCUT2D eigenvalue weighted by Crippen LogP contribution is -2.13. The van der Waals surface area contributed by atoms with Crippen LogP contribution in [0.5, 0.6) is 5.75 Å². The van der Waals surface area contributed by atoms with Crippen LogP contribution in [-0.2, 0) is 0 Å². The van der Waals surface area contributed by atoms with Gasteiger partial charge in [-0.2, -0.15) is 0 Å². The van der Waals surface area contributed by atoms with E-state index in [1.165, 1.54) is 43.1 Å². The standard InChI is InChI=1S/C20H15FN2O4S/c1-27-15-7-10-19(18(21)12-15)22-20(24)13-3-2-4-17(11-13)28-16-8-5-14(6-9-16)23(25)26/h2-12H,1H3,(H,22,24). The van der Waals surface area contributed by atoms with E-state index < -0.39 is 16.6 Å². The number of rotatable bonds is 6. The third-order valence-electron chi connectivity index (χ3n) is 3.80. The summed E-state index contributed by atoms with van der Waals surface area (Å²) in [6.45, 7) is 0. The van der Waals surface area contributed by atoms with Gasteiger partial charge in [0.05, 0.1) is 17.7 Å². The molecule has 1 N–H and O–H groups in total. The van der Waals surface area contributed by atoms with Crippen molar-refractivity contribution in [3.63, 3.8) is 0 Å². The molecule has 0 unspecified atom stereocenters. The van der Waals surface area contributed by atoms with Crippen molar-refractivity contribution in [3.8, 4) is 5.75 Å². The summed E-state index contributed by atoms with van der Waals surface area (Å²) in [5.74, 6) is -0.684. The molecule has 0 fully saturated rings. The molecule has 0 bridgehead atoms. The normalized spacial score (nSPS) is 10.4. The fourth-order valence-corrected chi connectivity index (χ4v) is 3.27. The minimum Gasteiger partial charge on any atom is -0.497 e. The third-order valence-corrected chi connectivity index (χ3v) is 4.80. The molecule has 0 heterocycles. The molecule has 0 spiro atoms. The van der Waals surface area contributed by atoms with Crippen molar-refractivity contribution in [2.75, 3.05) is 12.4 Å². The average Bonchev–Trinajstić information content (AvgIpc) is 2.70. The Kier molecular flexibility index (Phi) is 5.90. The van der Waals surface area contributed by atoms with Gasteiger partial charge in [-0.1, -0.05) is 17.8 Å². The molecule has 3 aromatic carbocycles. The number of nitrogens with one attached hydrogen (secondary N) is 1. The van der Waals surface area contributed by atoms with Gasteiger partial charge in [-0.3, -0.25) is 14.9 Å². The SMILES string of the molecule is COc1ccc(NC(=O)c2cccc(Sc3ccc([N+](=O)[O-])cc3)c2)c(F)c1. The van der Waals surface area contributed by atoms with E-state index in [9.17, 15) is 19.3 Å². The Morgan fingerprint density at radius 2 is 1.82 bits per heavy atom. The van der Waals surface area contributed by atoms with Crippen LogP contribution in [-0.4, -0.2) is 17.9 Å². The molecule has 0 aliphatic carbocycles. The number of methoxy groups -OCH3 is 1. The van der Waals surface area contributed by atoms with Gasteiger partial charge in [0.2, 0.25) is 0 Å². The molecule has 0 aliphatic rings. The van der Waals surface area contributed by atoms with Gasteiger partial charge in [-0.15, -0.1) is 0 Å². The van der Waals surface area contributed by atoms with E-state index >= 15 is 0 Å². The highest BCUT2D eigenvalue weighted by Crippen LogP contribution is 2.30. The molecule has 0 saturated carbocycles. The summed E-state index contributed by atoms with van der Waals surface area (Å²) in [6, 6.07) is 17.1. The molecular weight excluding hydrogens is 383 g/mol. The van der Waals surface area contributed by atoms with Gasteiger partial charge < -0.3 is 10.1 Å². The molecule has 6 nitrogen and oxygen atoms in total. The van der Waals surface area contributed by atoms with E-state index in [1.807, 2.05) is 6.07 Å². The zero-order chi connectivity index (χ0) is 20.1. The largest absolute Gasteiger partial charge is 0.497 e. The molecular formula is C20H15FN2O4S. The lowest BCUT2D eigenvalue weighted by atomic mass is 10.2. The Bertz CT molecular complexity index is 1020. The molecule has 28 heavy (non-hydrogen) atoms. The van der Waals surface area contributed by atoms with Gasteiger partial charge in [0.1, 0.15) is 11.6 Å². The summed E-state index contributed by atoms with van der Waals surface area (Å²) in [5, 5.41) is 13.3. The van der Waals surface area contributed by atoms with Crippen molar-refractivity contribution in [2.45, 2.75) is 9.79 Å². The van der Waals surface area contributed by atoms with Gasteiger partial charge in [-0.25, -0.2) is 4.39 Å². The molecule has 3 rings (SSSR count). The first-order valence-corrected chi connectivity index (χ1v) is 8.95. The Morgan fingerprint density at radius 1 is 1.07 bits per heavy atom. The van der Waals surface area contributed by atoms with Gasteiger partial charge in [0, 0.05) is 33.6 Å². The lowest BCUT2D eigenvalue weighted by molar-refractivity contribution is -0.384. The minimum atomic E-state index is -0.593. The number of hydrogen-bond donors (Lipinski definition) is 1. The molecule has 3 aromatic rings. The quantitative estimate of drug-likeness (QED) is 0.459. The summed E-state index contributed by atoms with van der Waals surface area (Å²) in [6.07, 6.45) is 0. The number of non-ortho nitro benzene ring substituents is 1. The van der Waals surface area contributed by atoms with Gasteiger partial charge >= 0.3 is 0 Å². The smallest absolute Gasteiger partial charge is 0.269 e. The van der Waals surface area contributed by atoms with Crippen molar-refractivity contribution in [1.82, 2.24) is 0 Å². The van der Waals surface area contributed by atoms with Crippen LogP contribution < -0.4 is 10.1 Å². The maximum atomic E-state index is 14.0.